The molecule has 0 bridgehead atoms. The van der Waals surface area contributed by atoms with E-state index in [9.17, 15) is 9.18 Å². The summed E-state index contributed by atoms with van der Waals surface area (Å²) in [5.41, 5.74) is 2.82. The van der Waals surface area contributed by atoms with Gasteiger partial charge < -0.3 is 5.32 Å². The zero-order valence-electron chi connectivity index (χ0n) is 13.5. The highest BCUT2D eigenvalue weighted by molar-refractivity contribution is 7.99. The lowest BCUT2D eigenvalue weighted by Crippen LogP contribution is -2.24. The molecule has 0 radical (unpaired) electrons. The molecule has 3 aromatic rings. The second kappa shape index (κ2) is 7.89. The van der Waals surface area contributed by atoms with Gasteiger partial charge in [0.15, 0.2) is 0 Å². The van der Waals surface area contributed by atoms with Crippen molar-refractivity contribution in [1.29, 1.82) is 0 Å². The number of aromatic nitrogens is 4. The highest BCUT2D eigenvalue weighted by Gasteiger charge is 2.11. The van der Waals surface area contributed by atoms with E-state index in [4.69, 9.17) is 0 Å². The van der Waals surface area contributed by atoms with Gasteiger partial charge in [-0.15, -0.1) is 5.10 Å². The standard InChI is InChI=1S/C17H16FN5OS/c1-12-2-8-15(9-3-12)23-17(20-21-22-23)25-11-16(24)19-10-13-4-6-14(18)7-5-13/h2-9H,10-11H2,1H3,(H,19,24). The van der Waals surface area contributed by atoms with Crippen molar-refractivity contribution in [3.05, 3.63) is 65.5 Å². The van der Waals surface area contributed by atoms with Crippen LogP contribution in [-0.4, -0.2) is 31.9 Å². The fourth-order valence-electron chi connectivity index (χ4n) is 2.10. The van der Waals surface area contributed by atoms with Crippen molar-refractivity contribution in [2.75, 3.05) is 5.75 Å². The number of nitrogens with one attached hydrogen (secondary N) is 1. The molecule has 8 heteroatoms. The van der Waals surface area contributed by atoms with Gasteiger partial charge in [0, 0.05) is 6.54 Å². The monoisotopic (exact) mass is 357 g/mol. The molecule has 2 aromatic carbocycles. The van der Waals surface area contributed by atoms with E-state index in [0.29, 0.717) is 11.7 Å². The van der Waals surface area contributed by atoms with Crippen molar-refractivity contribution in [2.45, 2.75) is 18.6 Å². The van der Waals surface area contributed by atoms with Crippen molar-refractivity contribution in [3.63, 3.8) is 0 Å². The quantitative estimate of drug-likeness (QED) is 0.686. The fourth-order valence-corrected chi connectivity index (χ4v) is 2.82. The van der Waals surface area contributed by atoms with Crippen molar-refractivity contribution < 1.29 is 9.18 Å². The summed E-state index contributed by atoms with van der Waals surface area (Å²) in [4.78, 5) is 12.0. The third-order valence-corrected chi connectivity index (χ3v) is 4.37. The van der Waals surface area contributed by atoms with Gasteiger partial charge in [-0.25, -0.2) is 4.39 Å². The fraction of sp³-hybridized carbons (Fsp3) is 0.176. The molecule has 0 saturated carbocycles. The van der Waals surface area contributed by atoms with Gasteiger partial charge >= 0.3 is 0 Å². The molecule has 25 heavy (non-hydrogen) atoms. The third kappa shape index (κ3) is 4.63. The number of aryl methyl sites for hydroxylation is 1. The van der Waals surface area contributed by atoms with Crippen LogP contribution in [-0.2, 0) is 11.3 Å². The third-order valence-electron chi connectivity index (χ3n) is 3.45. The first-order valence-electron chi connectivity index (χ1n) is 7.61. The second-order valence-corrected chi connectivity index (χ2v) is 6.34. The average Bonchev–Trinajstić information content (AvgIpc) is 3.09. The number of amides is 1. The lowest BCUT2D eigenvalue weighted by Gasteiger charge is -2.06. The lowest BCUT2D eigenvalue weighted by molar-refractivity contribution is -0.118. The van der Waals surface area contributed by atoms with Crippen LogP contribution >= 0.6 is 11.8 Å². The van der Waals surface area contributed by atoms with E-state index < -0.39 is 0 Å². The minimum Gasteiger partial charge on any atom is -0.351 e. The van der Waals surface area contributed by atoms with E-state index in [-0.39, 0.29) is 17.5 Å². The first-order chi connectivity index (χ1) is 12.1. The summed E-state index contributed by atoms with van der Waals surface area (Å²) in [5, 5.41) is 14.9. The molecule has 0 unspecified atom stereocenters. The number of tetrazole rings is 1. The molecule has 0 aliphatic carbocycles. The van der Waals surface area contributed by atoms with E-state index in [0.717, 1.165) is 16.8 Å². The minimum absolute atomic E-state index is 0.146. The van der Waals surface area contributed by atoms with Gasteiger partial charge in [0.1, 0.15) is 5.82 Å². The van der Waals surface area contributed by atoms with Gasteiger partial charge in [-0.3, -0.25) is 4.79 Å². The van der Waals surface area contributed by atoms with E-state index in [1.807, 2.05) is 31.2 Å². The molecule has 0 fully saturated rings. The zero-order valence-corrected chi connectivity index (χ0v) is 14.3. The molecule has 0 saturated heterocycles. The largest absolute Gasteiger partial charge is 0.351 e. The number of benzene rings is 2. The molecule has 1 amide bonds. The molecule has 1 aromatic heterocycles. The van der Waals surface area contributed by atoms with Gasteiger partial charge in [0.25, 0.3) is 0 Å². The second-order valence-electron chi connectivity index (χ2n) is 5.40. The number of thioether (sulfide) groups is 1. The highest BCUT2D eigenvalue weighted by Crippen LogP contribution is 2.18. The van der Waals surface area contributed by atoms with Crippen LogP contribution in [0.5, 0.6) is 0 Å². The van der Waals surface area contributed by atoms with E-state index in [1.54, 1.807) is 16.8 Å². The Morgan fingerprint density at radius 2 is 1.88 bits per heavy atom. The van der Waals surface area contributed by atoms with Crippen LogP contribution in [0.2, 0.25) is 0 Å². The molecule has 0 spiro atoms. The minimum atomic E-state index is -0.298. The number of rotatable bonds is 6. The summed E-state index contributed by atoms with van der Waals surface area (Å²) in [6.45, 7) is 2.35. The topological polar surface area (TPSA) is 72.7 Å². The predicted octanol–water partition coefficient (Wildman–Crippen LogP) is 2.52. The normalized spacial score (nSPS) is 10.6. The summed E-state index contributed by atoms with van der Waals surface area (Å²) in [6.07, 6.45) is 0. The predicted molar refractivity (Wildman–Crippen MR) is 92.9 cm³/mol. The molecular formula is C17H16FN5OS. The number of nitrogens with zero attached hydrogens (tertiary/aromatic N) is 4. The molecular weight excluding hydrogens is 341 g/mol. The van der Waals surface area contributed by atoms with Gasteiger partial charge in [-0.2, -0.15) is 4.68 Å². The first kappa shape index (κ1) is 17.1. The maximum Gasteiger partial charge on any atom is 0.230 e. The van der Waals surface area contributed by atoms with Crippen LogP contribution in [0.4, 0.5) is 4.39 Å². The summed E-state index contributed by atoms with van der Waals surface area (Å²) in [7, 11) is 0. The number of hydrogen-bond acceptors (Lipinski definition) is 5. The molecule has 6 nitrogen and oxygen atoms in total. The van der Waals surface area contributed by atoms with Crippen LogP contribution in [0.25, 0.3) is 5.69 Å². The van der Waals surface area contributed by atoms with Crippen LogP contribution < -0.4 is 5.32 Å². The highest BCUT2D eigenvalue weighted by atomic mass is 32.2. The van der Waals surface area contributed by atoms with E-state index in [2.05, 4.69) is 20.8 Å². The van der Waals surface area contributed by atoms with Gasteiger partial charge in [-0.1, -0.05) is 41.6 Å². The lowest BCUT2D eigenvalue weighted by atomic mass is 10.2. The van der Waals surface area contributed by atoms with Crippen LogP contribution in [0.1, 0.15) is 11.1 Å². The summed E-state index contributed by atoms with van der Waals surface area (Å²) < 4.78 is 14.4. The molecule has 3 rings (SSSR count). The van der Waals surface area contributed by atoms with Gasteiger partial charge in [0.05, 0.1) is 11.4 Å². The molecule has 0 aliphatic rings. The van der Waals surface area contributed by atoms with E-state index in [1.165, 1.54) is 23.9 Å². The maximum atomic E-state index is 12.9. The zero-order chi connectivity index (χ0) is 17.6. The molecule has 1 heterocycles. The Balaban J connectivity index is 1.55. The Labute approximate surface area is 148 Å². The Morgan fingerprint density at radius 3 is 2.60 bits per heavy atom. The summed E-state index contributed by atoms with van der Waals surface area (Å²) >= 11 is 1.25. The van der Waals surface area contributed by atoms with Crippen molar-refractivity contribution in [2.24, 2.45) is 0 Å². The van der Waals surface area contributed by atoms with Crippen molar-refractivity contribution in [1.82, 2.24) is 25.5 Å². The van der Waals surface area contributed by atoms with Crippen molar-refractivity contribution >= 4 is 17.7 Å². The Bertz CT molecular complexity index is 848. The number of carbonyl (C=O) groups is 1. The molecule has 1 N–H and O–H groups in total. The molecule has 0 atom stereocenters. The van der Waals surface area contributed by atoms with Crippen LogP contribution in [0.15, 0.2) is 53.7 Å². The van der Waals surface area contributed by atoms with Crippen molar-refractivity contribution in [3.8, 4) is 5.69 Å². The van der Waals surface area contributed by atoms with Gasteiger partial charge in [-0.05, 0) is 47.2 Å². The Hall–Kier alpha value is -2.74. The SMILES string of the molecule is Cc1ccc(-n2nnnc2SCC(=O)NCc2ccc(F)cc2)cc1. The van der Waals surface area contributed by atoms with Gasteiger partial charge in [0.2, 0.25) is 11.1 Å². The maximum absolute atomic E-state index is 12.9. The smallest absolute Gasteiger partial charge is 0.230 e. The number of halogens is 1. The summed E-state index contributed by atoms with van der Waals surface area (Å²) in [5.74, 6) is -0.255. The van der Waals surface area contributed by atoms with E-state index >= 15 is 0 Å². The summed E-state index contributed by atoms with van der Waals surface area (Å²) in [6, 6.07) is 13.8. The number of hydrogen-bond donors (Lipinski definition) is 1. The average molecular weight is 357 g/mol. The molecule has 0 aliphatic heterocycles. The first-order valence-corrected chi connectivity index (χ1v) is 8.60. The van der Waals surface area contributed by atoms with Crippen LogP contribution in [0, 0.1) is 12.7 Å². The van der Waals surface area contributed by atoms with Crippen LogP contribution in [0.3, 0.4) is 0 Å². The molecule has 128 valence electrons. The number of carbonyl (C=O) groups excluding carboxylic acids is 1. The Morgan fingerprint density at radius 1 is 1.16 bits per heavy atom. The Kier molecular flexibility index (Phi) is 5.39.